The number of carbonyl (C=O) groups excluding carboxylic acids is 2. The van der Waals surface area contributed by atoms with Crippen molar-refractivity contribution >= 4 is 27.8 Å². The molecule has 2 N–H and O–H groups in total. The van der Waals surface area contributed by atoms with Gasteiger partial charge in [-0.1, -0.05) is 0 Å². The lowest BCUT2D eigenvalue weighted by Gasteiger charge is -2.25. The highest BCUT2D eigenvalue weighted by atomic mass is 32.2. The van der Waals surface area contributed by atoms with E-state index in [9.17, 15) is 35.6 Å². The van der Waals surface area contributed by atoms with Crippen LogP contribution in [0, 0.1) is 11.6 Å². The number of alkyl halides is 2. The molecule has 0 heterocycles. The maximum atomic E-state index is 13.6. The second-order valence-electron chi connectivity index (χ2n) is 7.17. The van der Waals surface area contributed by atoms with Crippen molar-refractivity contribution in [1.29, 1.82) is 0 Å². The summed E-state index contributed by atoms with van der Waals surface area (Å²) in [5.41, 5.74) is 0.228. The molecule has 0 aliphatic heterocycles. The Balaban J connectivity index is 2.29. The van der Waals surface area contributed by atoms with Crippen molar-refractivity contribution in [3.8, 4) is 5.75 Å². The van der Waals surface area contributed by atoms with E-state index in [4.69, 9.17) is 0 Å². The second kappa shape index (κ2) is 11.2. The maximum Gasteiger partial charge on any atom is 0.387 e. The van der Waals surface area contributed by atoms with Crippen LogP contribution in [0.2, 0.25) is 0 Å². The molecule has 14 heteroatoms. The molecule has 0 radical (unpaired) electrons. The van der Waals surface area contributed by atoms with E-state index < -0.39 is 46.4 Å². The number of amides is 3. The Bertz CT molecular complexity index is 1110. The molecule has 0 aliphatic rings. The number of nitrogens with one attached hydrogen (secondary N) is 2. The van der Waals surface area contributed by atoms with Crippen molar-refractivity contribution in [3.05, 3.63) is 59.7 Å². The molecule has 0 saturated carbocycles. The van der Waals surface area contributed by atoms with Crippen LogP contribution >= 0.6 is 0 Å². The van der Waals surface area contributed by atoms with Gasteiger partial charge < -0.3 is 15.0 Å². The van der Waals surface area contributed by atoms with E-state index >= 15 is 0 Å². The Kier molecular flexibility index (Phi) is 8.81. The number of benzene rings is 2. The monoisotopic (exact) mass is 506 g/mol. The molecule has 2 rings (SSSR count). The first-order valence-corrected chi connectivity index (χ1v) is 11.0. The fourth-order valence-electron chi connectivity index (χ4n) is 2.77. The number of urea groups is 1. The minimum atomic E-state index is -4.19. The Morgan fingerprint density at radius 1 is 1.00 bits per heavy atom. The molecule has 0 fully saturated rings. The van der Waals surface area contributed by atoms with Crippen LogP contribution in [-0.2, 0) is 21.4 Å². The van der Waals surface area contributed by atoms with Crippen LogP contribution in [0.25, 0.3) is 0 Å². The van der Waals surface area contributed by atoms with Crippen LogP contribution in [0.4, 0.5) is 28.0 Å². The lowest BCUT2D eigenvalue weighted by molar-refractivity contribution is -0.120. The van der Waals surface area contributed by atoms with E-state index in [1.165, 1.54) is 45.4 Å². The van der Waals surface area contributed by atoms with Gasteiger partial charge in [-0.15, -0.1) is 0 Å². The second-order valence-corrected chi connectivity index (χ2v) is 9.05. The summed E-state index contributed by atoms with van der Waals surface area (Å²) in [4.78, 5) is 26.4. The number of halogens is 4. The summed E-state index contributed by atoms with van der Waals surface area (Å²) in [6.45, 7) is -3.04. The van der Waals surface area contributed by atoms with Crippen molar-refractivity contribution in [3.63, 3.8) is 0 Å². The van der Waals surface area contributed by atoms with Gasteiger partial charge in [0.15, 0.2) is 0 Å². The van der Waals surface area contributed by atoms with Gasteiger partial charge in [0, 0.05) is 39.3 Å². The highest BCUT2D eigenvalue weighted by molar-refractivity contribution is 7.87. The molecule has 9 nitrogen and oxygen atoms in total. The number of rotatable bonds is 9. The van der Waals surface area contributed by atoms with Gasteiger partial charge >= 0.3 is 22.9 Å². The summed E-state index contributed by atoms with van der Waals surface area (Å²) in [5.74, 6) is -2.77. The van der Waals surface area contributed by atoms with E-state index in [1.54, 1.807) is 4.72 Å². The highest BCUT2D eigenvalue weighted by Crippen LogP contribution is 2.21. The third kappa shape index (κ3) is 7.59. The number of anilines is 1. The van der Waals surface area contributed by atoms with Crippen molar-refractivity contribution in [2.75, 3.05) is 26.0 Å². The number of carbonyl (C=O) groups is 2. The van der Waals surface area contributed by atoms with Gasteiger partial charge in [-0.25, -0.2) is 18.3 Å². The first-order chi connectivity index (χ1) is 15.8. The molecule has 0 unspecified atom stereocenters. The Labute approximate surface area is 193 Å². The molecule has 0 bridgehead atoms. The zero-order valence-electron chi connectivity index (χ0n) is 18.3. The molecule has 2 aromatic rings. The topological polar surface area (TPSA) is 108 Å². The van der Waals surface area contributed by atoms with Gasteiger partial charge in [-0.05, 0) is 42.0 Å². The largest absolute Gasteiger partial charge is 0.435 e. The molecule has 0 saturated heterocycles. The van der Waals surface area contributed by atoms with E-state index in [0.717, 1.165) is 21.3 Å². The Morgan fingerprint density at radius 2 is 1.56 bits per heavy atom. The predicted molar refractivity (Wildman–Crippen MR) is 115 cm³/mol. The third-order valence-electron chi connectivity index (χ3n) is 4.45. The van der Waals surface area contributed by atoms with Crippen LogP contribution < -0.4 is 19.7 Å². The minimum absolute atomic E-state index is 0.0145. The van der Waals surface area contributed by atoms with Gasteiger partial charge in [0.25, 0.3) is 0 Å². The molecule has 3 amide bonds. The lowest BCUT2D eigenvalue weighted by Crippen LogP contribution is -2.53. The number of hydrogen-bond donors (Lipinski definition) is 2. The van der Waals surface area contributed by atoms with Crippen LogP contribution in [0.3, 0.4) is 0 Å². The molecule has 1 atom stereocenters. The molecular weight excluding hydrogens is 484 g/mol. The van der Waals surface area contributed by atoms with Crippen molar-refractivity contribution < 1.29 is 40.3 Å². The molecule has 0 spiro atoms. The molecule has 2 aromatic carbocycles. The normalized spacial score (nSPS) is 12.4. The van der Waals surface area contributed by atoms with Crippen molar-refractivity contribution in [2.45, 2.75) is 19.1 Å². The van der Waals surface area contributed by atoms with E-state index in [0.29, 0.717) is 6.07 Å². The quantitative estimate of drug-likeness (QED) is 0.508. The summed E-state index contributed by atoms with van der Waals surface area (Å²) in [6, 6.07) is 4.79. The molecular formula is C20H22F4N4O5S. The predicted octanol–water partition coefficient (Wildman–Crippen LogP) is 2.25. The highest BCUT2D eigenvalue weighted by Gasteiger charge is 2.28. The van der Waals surface area contributed by atoms with E-state index in [2.05, 4.69) is 10.1 Å². The number of ether oxygens (including phenoxy) is 1. The van der Waals surface area contributed by atoms with Gasteiger partial charge in [-0.2, -0.15) is 21.5 Å². The molecule has 0 aromatic heterocycles. The van der Waals surface area contributed by atoms with Gasteiger partial charge in [0.2, 0.25) is 5.91 Å². The third-order valence-corrected chi connectivity index (χ3v) is 5.85. The fourth-order valence-corrected chi connectivity index (χ4v) is 3.25. The summed E-state index contributed by atoms with van der Waals surface area (Å²) < 4.78 is 82.4. The van der Waals surface area contributed by atoms with E-state index in [-0.39, 0.29) is 23.4 Å². The van der Waals surface area contributed by atoms with Crippen LogP contribution in [-0.4, -0.2) is 58.5 Å². The zero-order valence-corrected chi connectivity index (χ0v) is 19.1. The SMILES string of the molecule is CN(C(=O)[C@H](Cc1cc(F)cc(F)c1)NC(=O)NS(=O)(=O)N(C)C)c1ccc(OC(F)F)cc1. The maximum absolute atomic E-state index is 13.6. The number of likely N-dealkylation sites (N-methyl/N-ethyl adjacent to an activating group) is 1. The molecule has 186 valence electrons. The number of hydrogen-bond acceptors (Lipinski definition) is 5. The standard InChI is InChI=1S/C20H22F4N4O5S/c1-27(2)34(31,32)26-20(30)25-17(10-12-8-13(21)11-14(22)9-12)18(29)28(3)15-4-6-16(7-5-15)33-19(23)24/h4-9,11,17,19H,10H2,1-3H3,(H2,25,26,30)/t17-/m0/s1. The first kappa shape index (κ1) is 26.9. The average Bonchev–Trinajstić information content (AvgIpc) is 2.71. The summed E-state index contributed by atoms with van der Waals surface area (Å²) >= 11 is 0. The minimum Gasteiger partial charge on any atom is -0.435 e. The Morgan fingerprint density at radius 3 is 2.06 bits per heavy atom. The van der Waals surface area contributed by atoms with Crippen LogP contribution in [0.15, 0.2) is 42.5 Å². The average molecular weight is 506 g/mol. The van der Waals surface area contributed by atoms with Crippen molar-refractivity contribution in [1.82, 2.24) is 14.3 Å². The zero-order chi connectivity index (χ0) is 25.6. The molecule has 0 aliphatic carbocycles. The van der Waals surface area contributed by atoms with Crippen LogP contribution in [0.5, 0.6) is 5.75 Å². The summed E-state index contributed by atoms with van der Waals surface area (Å²) in [6.07, 6.45) is -0.389. The van der Waals surface area contributed by atoms with Gasteiger partial charge in [0.1, 0.15) is 23.4 Å². The molecule has 34 heavy (non-hydrogen) atoms. The lowest BCUT2D eigenvalue weighted by atomic mass is 10.0. The van der Waals surface area contributed by atoms with Crippen LogP contribution in [0.1, 0.15) is 5.56 Å². The van der Waals surface area contributed by atoms with Crippen molar-refractivity contribution in [2.24, 2.45) is 0 Å². The van der Waals surface area contributed by atoms with Gasteiger partial charge in [0.05, 0.1) is 0 Å². The Hall–Kier alpha value is -3.39. The first-order valence-electron chi connectivity index (χ1n) is 9.56. The summed E-state index contributed by atoms with van der Waals surface area (Å²) in [5, 5.41) is 2.19. The smallest absolute Gasteiger partial charge is 0.387 e. The van der Waals surface area contributed by atoms with Gasteiger partial charge in [-0.3, -0.25) is 4.79 Å². The van der Waals surface area contributed by atoms with E-state index in [1.807, 2.05) is 0 Å². The number of nitrogens with zero attached hydrogens (tertiary/aromatic N) is 2. The summed E-state index contributed by atoms with van der Waals surface area (Å²) in [7, 11) is -0.546. The fraction of sp³-hybridized carbons (Fsp3) is 0.300.